The Hall–Kier alpha value is -2.19. The number of nitrogens with zero attached hydrogens (tertiary/aromatic N) is 3. The molecule has 9 heteroatoms. The fourth-order valence-electron chi connectivity index (χ4n) is 1.51. The Bertz CT molecular complexity index is 693. The summed E-state index contributed by atoms with van der Waals surface area (Å²) in [5.74, 6) is 0.253. The summed E-state index contributed by atoms with van der Waals surface area (Å²) in [7, 11) is 0. The van der Waals surface area contributed by atoms with E-state index in [4.69, 9.17) is 11.6 Å². The summed E-state index contributed by atoms with van der Waals surface area (Å²) in [6.07, 6.45) is 3.13. The minimum absolute atomic E-state index is 0.0262. The summed E-state index contributed by atoms with van der Waals surface area (Å²) in [6, 6.07) is 5.73. The van der Waals surface area contributed by atoms with Gasteiger partial charge < -0.3 is 5.32 Å². The van der Waals surface area contributed by atoms with E-state index in [0.717, 1.165) is 0 Å². The second-order valence-electron chi connectivity index (χ2n) is 3.82. The van der Waals surface area contributed by atoms with Gasteiger partial charge in [-0.1, -0.05) is 11.8 Å². The number of anilines is 2. The maximum absolute atomic E-state index is 11.3. The maximum atomic E-state index is 11.3. The standard InChI is InChI=1S/C12H9ClN4O3S/c1-21-12-14-6-9(10(13)18)11(16-12)15-7-2-4-8(5-3-7)17(19)20/h2-6H,1H3,(H,14,15,16). The molecule has 0 bridgehead atoms. The molecule has 0 aliphatic carbocycles. The molecule has 0 saturated carbocycles. The van der Waals surface area contributed by atoms with Crippen LogP contribution in [-0.4, -0.2) is 26.4 Å². The molecule has 21 heavy (non-hydrogen) atoms. The van der Waals surface area contributed by atoms with E-state index in [-0.39, 0.29) is 17.1 Å². The fraction of sp³-hybridized carbons (Fsp3) is 0.0833. The monoisotopic (exact) mass is 324 g/mol. The molecule has 1 N–H and O–H groups in total. The third kappa shape index (κ3) is 3.67. The number of nitrogens with one attached hydrogen (secondary N) is 1. The van der Waals surface area contributed by atoms with Gasteiger partial charge in [0.05, 0.1) is 10.5 Å². The molecular weight excluding hydrogens is 316 g/mol. The van der Waals surface area contributed by atoms with Gasteiger partial charge in [0.2, 0.25) is 0 Å². The number of rotatable bonds is 5. The Morgan fingerprint density at radius 3 is 2.57 bits per heavy atom. The first-order valence-corrected chi connectivity index (χ1v) is 7.24. The Morgan fingerprint density at radius 2 is 2.05 bits per heavy atom. The molecule has 0 aliphatic rings. The lowest BCUT2D eigenvalue weighted by Gasteiger charge is -2.09. The maximum Gasteiger partial charge on any atom is 0.269 e. The smallest absolute Gasteiger partial charge is 0.269 e. The molecular formula is C12H9ClN4O3S. The van der Waals surface area contributed by atoms with Crippen molar-refractivity contribution in [1.29, 1.82) is 0 Å². The molecule has 2 aromatic rings. The Balaban J connectivity index is 2.33. The van der Waals surface area contributed by atoms with E-state index >= 15 is 0 Å². The van der Waals surface area contributed by atoms with Gasteiger partial charge in [0, 0.05) is 24.0 Å². The lowest BCUT2D eigenvalue weighted by molar-refractivity contribution is -0.384. The summed E-state index contributed by atoms with van der Waals surface area (Å²) in [4.78, 5) is 29.6. The summed E-state index contributed by atoms with van der Waals surface area (Å²) in [5, 5.41) is 13.3. The van der Waals surface area contributed by atoms with Crippen molar-refractivity contribution in [2.24, 2.45) is 0 Å². The Kier molecular flexibility index (Phi) is 4.71. The summed E-state index contributed by atoms with van der Waals surface area (Å²) in [5.41, 5.74) is 0.653. The molecule has 0 saturated heterocycles. The highest BCUT2D eigenvalue weighted by Gasteiger charge is 2.13. The van der Waals surface area contributed by atoms with Crippen LogP contribution in [0.15, 0.2) is 35.6 Å². The van der Waals surface area contributed by atoms with Crippen LogP contribution in [-0.2, 0) is 0 Å². The quantitative estimate of drug-likeness (QED) is 0.296. The zero-order valence-electron chi connectivity index (χ0n) is 10.7. The van der Waals surface area contributed by atoms with Crippen LogP contribution in [0, 0.1) is 10.1 Å². The molecule has 2 rings (SSSR count). The molecule has 1 aromatic heterocycles. The van der Waals surface area contributed by atoms with Crippen molar-refractivity contribution >= 4 is 45.8 Å². The number of aromatic nitrogens is 2. The number of carbonyl (C=O) groups is 1. The summed E-state index contributed by atoms with van der Waals surface area (Å²) < 4.78 is 0. The largest absolute Gasteiger partial charge is 0.339 e. The van der Waals surface area contributed by atoms with Gasteiger partial charge >= 0.3 is 0 Å². The van der Waals surface area contributed by atoms with E-state index in [0.29, 0.717) is 10.8 Å². The first kappa shape index (κ1) is 15.2. The highest BCUT2D eigenvalue weighted by Crippen LogP contribution is 2.23. The number of nitro groups is 1. The van der Waals surface area contributed by atoms with Crippen LogP contribution in [0.4, 0.5) is 17.2 Å². The van der Waals surface area contributed by atoms with Crippen LogP contribution in [0.3, 0.4) is 0 Å². The third-order valence-electron chi connectivity index (χ3n) is 2.50. The molecule has 0 spiro atoms. The molecule has 0 amide bonds. The van der Waals surface area contributed by atoms with Crippen LogP contribution >= 0.6 is 23.4 Å². The van der Waals surface area contributed by atoms with Gasteiger partial charge in [0.1, 0.15) is 5.82 Å². The highest BCUT2D eigenvalue weighted by atomic mass is 35.5. The molecule has 108 valence electrons. The van der Waals surface area contributed by atoms with Gasteiger partial charge in [-0.25, -0.2) is 9.97 Å². The summed E-state index contributed by atoms with van der Waals surface area (Å²) >= 11 is 6.80. The first-order chi connectivity index (χ1) is 10.0. The average Bonchev–Trinajstić information content (AvgIpc) is 2.47. The van der Waals surface area contributed by atoms with E-state index in [9.17, 15) is 14.9 Å². The van der Waals surface area contributed by atoms with Gasteiger partial charge in [-0.05, 0) is 30.0 Å². The van der Waals surface area contributed by atoms with Crippen LogP contribution in [0.1, 0.15) is 10.4 Å². The number of thioether (sulfide) groups is 1. The van der Waals surface area contributed by atoms with Gasteiger partial charge in [-0.15, -0.1) is 0 Å². The molecule has 0 unspecified atom stereocenters. The number of benzene rings is 1. The number of carbonyl (C=O) groups excluding carboxylic acids is 1. The molecule has 0 atom stereocenters. The van der Waals surface area contributed by atoms with Gasteiger partial charge in [0.25, 0.3) is 10.9 Å². The second-order valence-corrected chi connectivity index (χ2v) is 4.94. The fourth-order valence-corrected chi connectivity index (χ4v) is 1.99. The van der Waals surface area contributed by atoms with Crippen molar-refractivity contribution in [2.75, 3.05) is 11.6 Å². The van der Waals surface area contributed by atoms with Crippen molar-refractivity contribution < 1.29 is 9.72 Å². The first-order valence-electron chi connectivity index (χ1n) is 5.63. The molecule has 7 nitrogen and oxygen atoms in total. The van der Waals surface area contributed by atoms with Crippen LogP contribution < -0.4 is 5.32 Å². The van der Waals surface area contributed by atoms with E-state index in [2.05, 4.69) is 15.3 Å². The molecule has 0 fully saturated rings. The Labute approximate surface area is 128 Å². The van der Waals surface area contributed by atoms with Gasteiger partial charge in [-0.3, -0.25) is 14.9 Å². The van der Waals surface area contributed by atoms with Crippen LogP contribution in [0.5, 0.6) is 0 Å². The number of hydrogen-bond acceptors (Lipinski definition) is 7. The minimum atomic E-state index is -0.688. The average molecular weight is 325 g/mol. The topological polar surface area (TPSA) is 98.0 Å². The summed E-state index contributed by atoms with van der Waals surface area (Å²) in [6.45, 7) is 0. The van der Waals surface area contributed by atoms with Crippen LogP contribution in [0.25, 0.3) is 0 Å². The van der Waals surface area contributed by atoms with Crippen molar-refractivity contribution in [1.82, 2.24) is 9.97 Å². The van der Waals surface area contributed by atoms with E-state index < -0.39 is 10.2 Å². The lowest BCUT2D eigenvalue weighted by Crippen LogP contribution is -2.04. The van der Waals surface area contributed by atoms with Gasteiger partial charge in [0.15, 0.2) is 5.16 Å². The van der Waals surface area contributed by atoms with E-state index in [1.165, 1.54) is 42.2 Å². The van der Waals surface area contributed by atoms with Crippen molar-refractivity contribution in [2.45, 2.75) is 5.16 Å². The number of nitro benzene ring substituents is 1. The predicted molar refractivity (Wildman–Crippen MR) is 80.4 cm³/mol. The zero-order chi connectivity index (χ0) is 15.4. The normalized spacial score (nSPS) is 10.2. The van der Waals surface area contributed by atoms with Crippen molar-refractivity contribution in [3.63, 3.8) is 0 Å². The molecule has 0 aliphatic heterocycles. The zero-order valence-corrected chi connectivity index (χ0v) is 12.3. The number of hydrogen-bond donors (Lipinski definition) is 1. The third-order valence-corrected chi connectivity index (χ3v) is 3.27. The predicted octanol–water partition coefficient (Wildman–Crippen LogP) is 3.23. The van der Waals surface area contributed by atoms with Crippen molar-refractivity contribution in [3.8, 4) is 0 Å². The molecule has 0 radical (unpaired) electrons. The van der Waals surface area contributed by atoms with Crippen molar-refractivity contribution in [3.05, 3.63) is 46.1 Å². The van der Waals surface area contributed by atoms with E-state index in [1.54, 1.807) is 6.26 Å². The number of non-ortho nitro benzene ring substituents is 1. The highest BCUT2D eigenvalue weighted by molar-refractivity contribution is 7.98. The second kappa shape index (κ2) is 6.51. The number of halogens is 1. The SMILES string of the molecule is CSc1ncc(C(=O)Cl)c(Nc2ccc([N+](=O)[O-])cc2)n1. The van der Waals surface area contributed by atoms with Crippen LogP contribution in [0.2, 0.25) is 0 Å². The molecule has 1 aromatic carbocycles. The lowest BCUT2D eigenvalue weighted by atomic mass is 10.2. The Morgan fingerprint density at radius 1 is 1.38 bits per heavy atom. The van der Waals surface area contributed by atoms with E-state index in [1.807, 2.05) is 0 Å². The minimum Gasteiger partial charge on any atom is -0.339 e. The molecule has 1 heterocycles. The van der Waals surface area contributed by atoms with Gasteiger partial charge in [-0.2, -0.15) is 0 Å².